The summed E-state index contributed by atoms with van der Waals surface area (Å²) in [5.74, 6) is 2.55. The van der Waals surface area contributed by atoms with Crippen molar-refractivity contribution >= 4 is 11.8 Å². The zero-order valence-corrected chi connectivity index (χ0v) is 7.26. The predicted molar refractivity (Wildman–Crippen MR) is 47.0 cm³/mol. The average Bonchev–Trinajstić information content (AvgIpc) is 1.80. The van der Waals surface area contributed by atoms with Crippen LogP contribution in [0.25, 0.3) is 0 Å². The molecule has 1 heteroatoms. The highest BCUT2D eigenvalue weighted by atomic mass is 32.2. The van der Waals surface area contributed by atoms with Crippen molar-refractivity contribution in [2.75, 3.05) is 11.5 Å². The highest BCUT2D eigenvalue weighted by molar-refractivity contribution is 7.99. The molecule has 0 aromatic heterocycles. The van der Waals surface area contributed by atoms with E-state index in [-0.39, 0.29) is 0 Å². The summed E-state index contributed by atoms with van der Waals surface area (Å²) in [6.45, 7) is 8.15. The molecule has 0 aromatic carbocycles. The molecule has 9 heavy (non-hydrogen) atoms. The van der Waals surface area contributed by atoms with Crippen molar-refractivity contribution in [3.63, 3.8) is 0 Å². The summed E-state index contributed by atoms with van der Waals surface area (Å²) in [4.78, 5) is 0. The molecule has 0 heterocycles. The molecule has 0 amide bonds. The molecule has 0 atom stereocenters. The van der Waals surface area contributed by atoms with Gasteiger partial charge in [-0.15, -0.1) is 6.58 Å². The SMILES string of the molecule is C=C(C)CCSCCC. The molecule has 0 nitrogen and oxygen atoms in total. The number of thioether (sulfide) groups is 1. The lowest BCUT2D eigenvalue weighted by molar-refractivity contribution is 1.08. The zero-order chi connectivity index (χ0) is 7.11. The first-order valence-corrected chi connectivity index (χ1v) is 4.65. The molecule has 54 valence electrons. The Morgan fingerprint density at radius 2 is 2.11 bits per heavy atom. The molecule has 0 saturated heterocycles. The van der Waals surface area contributed by atoms with Crippen molar-refractivity contribution in [3.8, 4) is 0 Å². The van der Waals surface area contributed by atoms with Crippen LogP contribution in [0, 0.1) is 0 Å². The van der Waals surface area contributed by atoms with Crippen LogP contribution in [0.5, 0.6) is 0 Å². The van der Waals surface area contributed by atoms with E-state index >= 15 is 0 Å². The maximum atomic E-state index is 3.84. The van der Waals surface area contributed by atoms with Crippen molar-refractivity contribution in [2.45, 2.75) is 26.7 Å². The molecule has 0 N–H and O–H groups in total. The lowest BCUT2D eigenvalue weighted by Gasteiger charge is -1.97. The van der Waals surface area contributed by atoms with Crippen molar-refractivity contribution in [2.24, 2.45) is 0 Å². The molecule has 0 aromatic rings. The third-order valence-corrected chi connectivity index (χ3v) is 2.21. The van der Waals surface area contributed by atoms with Gasteiger partial charge in [0, 0.05) is 0 Å². The molecule has 0 aliphatic rings. The van der Waals surface area contributed by atoms with E-state index in [1.165, 1.54) is 29.9 Å². The molecule has 0 bridgehead atoms. The minimum atomic E-state index is 1.19. The summed E-state index contributed by atoms with van der Waals surface area (Å²) in [5.41, 5.74) is 1.30. The zero-order valence-electron chi connectivity index (χ0n) is 6.44. The fourth-order valence-electron chi connectivity index (χ4n) is 0.493. The van der Waals surface area contributed by atoms with Crippen LogP contribution in [0.4, 0.5) is 0 Å². The Kier molecular flexibility index (Phi) is 6.28. The Morgan fingerprint density at radius 1 is 1.44 bits per heavy atom. The minimum Gasteiger partial charge on any atom is -0.162 e. The third-order valence-electron chi connectivity index (χ3n) is 1.02. The topological polar surface area (TPSA) is 0 Å². The van der Waals surface area contributed by atoms with Crippen molar-refractivity contribution in [3.05, 3.63) is 12.2 Å². The first-order valence-electron chi connectivity index (χ1n) is 3.49. The van der Waals surface area contributed by atoms with Gasteiger partial charge in [-0.2, -0.15) is 11.8 Å². The molecule has 0 aliphatic heterocycles. The second kappa shape index (κ2) is 6.21. The quantitative estimate of drug-likeness (QED) is 0.422. The van der Waals surface area contributed by atoms with E-state index in [9.17, 15) is 0 Å². The molecule has 0 rings (SSSR count). The molecular weight excluding hydrogens is 128 g/mol. The lowest BCUT2D eigenvalue weighted by Crippen LogP contribution is -1.81. The van der Waals surface area contributed by atoms with Gasteiger partial charge in [-0.25, -0.2) is 0 Å². The molecule has 0 radical (unpaired) electrons. The van der Waals surface area contributed by atoms with Gasteiger partial charge in [0.2, 0.25) is 0 Å². The van der Waals surface area contributed by atoms with Gasteiger partial charge in [0.15, 0.2) is 0 Å². The summed E-state index contributed by atoms with van der Waals surface area (Å²) in [6.07, 6.45) is 2.48. The monoisotopic (exact) mass is 144 g/mol. The van der Waals surface area contributed by atoms with Gasteiger partial charge in [-0.3, -0.25) is 0 Å². The van der Waals surface area contributed by atoms with E-state index in [4.69, 9.17) is 0 Å². The Labute approximate surface area is 62.7 Å². The van der Waals surface area contributed by atoms with Crippen LogP contribution >= 0.6 is 11.8 Å². The van der Waals surface area contributed by atoms with E-state index in [2.05, 4.69) is 20.4 Å². The Bertz CT molecular complexity index is 76.6. The predicted octanol–water partition coefficient (Wildman–Crippen LogP) is 3.10. The van der Waals surface area contributed by atoms with Gasteiger partial charge in [0.1, 0.15) is 0 Å². The maximum absolute atomic E-state index is 3.84. The first kappa shape index (κ1) is 9.09. The maximum Gasteiger partial charge on any atom is -0.00304 e. The largest absolute Gasteiger partial charge is 0.162 e. The number of hydrogen-bond donors (Lipinski definition) is 0. The highest BCUT2D eigenvalue weighted by Crippen LogP contribution is 2.07. The van der Waals surface area contributed by atoms with Crippen LogP contribution in [-0.4, -0.2) is 11.5 Å². The van der Waals surface area contributed by atoms with Crippen molar-refractivity contribution in [1.29, 1.82) is 0 Å². The first-order chi connectivity index (χ1) is 4.27. The van der Waals surface area contributed by atoms with E-state index in [0.717, 1.165) is 0 Å². The van der Waals surface area contributed by atoms with Crippen LogP contribution in [-0.2, 0) is 0 Å². The van der Waals surface area contributed by atoms with Crippen LogP contribution < -0.4 is 0 Å². The molecule has 0 spiro atoms. The van der Waals surface area contributed by atoms with Crippen LogP contribution in [0.3, 0.4) is 0 Å². The summed E-state index contributed by atoms with van der Waals surface area (Å²) >= 11 is 2.02. The van der Waals surface area contributed by atoms with Gasteiger partial charge >= 0.3 is 0 Å². The van der Waals surface area contributed by atoms with Gasteiger partial charge < -0.3 is 0 Å². The molecule has 0 aliphatic carbocycles. The Morgan fingerprint density at radius 3 is 2.56 bits per heavy atom. The van der Waals surface area contributed by atoms with E-state index in [1.807, 2.05) is 11.8 Å². The molecular formula is C8H16S. The van der Waals surface area contributed by atoms with Crippen LogP contribution in [0.15, 0.2) is 12.2 Å². The van der Waals surface area contributed by atoms with Crippen LogP contribution in [0.1, 0.15) is 26.7 Å². The average molecular weight is 144 g/mol. The Hall–Kier alpha value is 0.0900. The number of rotatable bonds is 5. The van der Waals surface area contributed by atoms with Gasteiger partial charge in [-0.05, 0) is 31.3 Å². The standard InChI is InChI=1S/C8H16S/c1-4-6-9-7-5-8(2)3/h2,4-7H2,1,3H3. The summed E-state index contributed by atoms with van der Waals surface area (Å²) < 4.78 is 0. The van der Waals surface area contributed by atoms with Gasteiger partial charge in [0.05, 0.1) is 0 Å². The molecule has 0 saturated carbocycles. The third kappa shape index (κ3) is 8.09. The fourth-order valence-corrected chi connectivity index (χ4v) is 1.48. The van der Waals surface area contributed by atoms with E-state index < -0.39 is 0 Å². The van der Waals surface area contributed by atoms with Gasteiger partial charge in [-0.1, -0.05) is 12.5 Å². The normalized spacial score (nSPS) is 9.56. The molecule has 0 unspecified atom stereocenters. The molecule has 0 fully saturated rings. The Balaban J connectivity index is 2.83. The fraction of sp³-hybridized carbons (Fsp3) is 0.750. The number of hydrogen-bond acceptors (Lipinski definition) is 1. The minimum absolute atomic E-state index is 1.19. The second-order valence-corrected chi connectivity index (χ2v) is 3.54. The number of allylic oxidation sites excluding steroid dienone is 1. The van der Waals surface area contributed by atoms with Crippen LogP contribution in [0.2, 0.25) is 0 Å². The van der Waals surface area contributed by atoms with Crippen molar-refractivity contribution in [1.82, 2.24) is 0 Å². The summed E-state index contributed by atoms with van der Waals surface area (Å²) in [6, 6.07) is 0. The smallest absolute Gasteiger partial charge is 0.00304 e. The summed E-state index contributed by atoms with van der Waals surface area (Å²) in [7, 11) is 0. The highest BCUT2D eigenvalue weighted by Gasteiger charge is 1.86. The van der Waals surface area contributed by atoms with E-state index in [1.54, 1.807) is 0 Å². The van der Waals surface area contributed by atoms with E-state index in [0.29, 0.717) is 0 Å². The summed E-state index contributed by atoms with van der Waals surface area (Å²) in [5, 5.41) is 0. The second-order valence-electron chi connectivity index (χ2n) is 2.32. The van der Waals surface area contributed by atoms with Gasteiger partial charge in [0.25, 0.3) is 0 Å². The lowest BCUT2D eigenvalue weighted by atomic mass is 10.3. The van der Waals surface area contributed by atoms with Crippen molar-refractivity contribution < 1.29 is 0 Å².